The number of amides is 1. The maximum absolute atomic E-state index is 11.9. The Morgan fingerprint density at radius 3 is 2.68 bits per heavy atom. The second-order valence-corrected chi connectivity index (χ2v) is 5.37. The van der Waals surface area contributed by atoms with Crippen LogP contribution in [-0.4, -0.2) is 16.1 Å². The molecule has 0 atom stereocenters. The molecule has 0 bridgehead atoms. The third kappa shape index (κ3) is 3.20. The van der Waals surface area contributed by atoms with E-state index in [4.69, 9.17) is 4.42 Å². The lowest BCUT2D eigenvalue weighted by Crippen LogP contribution is -2.12. The number of aryl methyl sites for hydroxylation is 1. The smallest absolute Gasteiger partial charge is 0.313 e. The van der Waals surface area contributed by atoms with Gasteiger partial charge < -0.3 is 9.73 Å². The largest absolute Gasteiger partial charge is 0.417 e. The number of hydrogen-bond donors (Lipinski definition) is 1. The summed E-state index contributed by atoms with van der Waals surface area (Å²) in [6.07, 6.45) is 0. The summed E-state index contributed by atoms with van der Waals surface area (Å²) in [7, 11) is 0. The second-order valence-electron chi connectivity index (χ2n) is 4.52. The molecule has 2 aromatic rings. The van der Waals surface area contributed by atoms with E-state index < -0.39 is 5.91 Å². The van der Waals surface area contributed by atoms with Crippen molar-refractivity contribution >= 4 is 27.5 Å². The highest BCUT2D eigenvalue weighted by Gasteiger charge is 2.16. The van der Waals surface area contributed by atoms with E-state index in [1.807, 2.05) is 32.9 Å². The van der Waals surface area contributed by atoms with Crippen LogP contribution in [0.2, 0.25) is 0 Å². The van der Waals surface area contributed by atoms with Crippen molar-refractivity contribution in [1.29, 1.82) is 0 Å². The third-order valence-corrected chi connectivity index (χ3v) is 3.43. The van der Waals surface area contributed by atoms with Crippen LogP contribution < -0.4 is 5.32 Å². The molecular formula is C13H14BrN3O2. The van der Waals surface area contributed by atoms with Crippen LogP contribution >= 0.6 is 15.9 Å². The highest BCUT2D eigenvalue weighted by molar-refractivity contribution is 9.10. The molecule has 0 radical (unpaired) electrons. The molecule has 0 aliphatic carbocycles. The van der Waals surface area contributed by atoms with Gasteiger partial charge in [0.1, 0.15) is 0 Å². The highest BCUT2D eigenvalue weighted by Crippen LogP contribution is 2.20. The van der Waals surface area contributed by atoms with Gasteiger partial charge in [-0.25, -0.2) is 0 Å². The van der Waals surface area contributed by atoms with E-state index >= 15 is 0 Å². The normalized spacial score (nSPS) is 10.8. The zero-order valence-electron chi connectivity index (χ0n) is 10.9. The Kier molecular flexibility index (Phi) is 3.99. The van der Waals surface area contributed by atoms with Gasteiger partial charge in [0.05, 0.1) is 0 Å². The maximum atomic E-state index is 11.9. The monoisotopic (exact) mass is 323 g/mol. The molecule has 1 amide bonds. The lowest BCUT2D eigenvalue weighted by Gasteiger charge is -2.04. The zero-order chi connectivity index (χ0) is 14.0. The van der Waals surface area contributed by atoms with Crippen LogP contribution in [0.15, 0.2) is 27.1 Å². The average Bonchev–Trinajstić information content (AvgIpc) is 2.83. The molecule has 6 heteroatoms. The number of nitrogens with zero attached hydrogens (tertiary/aromatic N) is 2. The number of carbonyl (C=O) groups excluding carboxylic acids is 1. The van der Waals surface area contributed by atoms with E-state index in [1.54, 1.807) is 6.07 Å². The van der Waals surface area contributed by atoms with Crippen molar-refractivity contribution in [2.75, 3.05) is 5.32 Å². The summed E-state index contributed by atoms with van der Waals surface area (Å²) in [5.41, 5.74) is 1.72. The fourth-order valence-corrected chi connectivity index (χ4v) is 1.71. The van der Waals surface area contributed by atoms with Gasteiger partial charge in [-0.3, -0.25) is 4.79 Å². The topological polar surface area (TPSA) is 68.0 Å². The van der Waals surface area contributed by atoms with Crippen molar-refractivity contribution in [2.45, 2.75) is 26.7 Å². The van der Waals surface area contributed by atoms with Crippen LogP contribution in [0.3, 0.4) is 0 Å². The van der Waals surface area contributed by atoms with Crippen molar-refractivity contribution in [2.24, 2.45) is 0 Å². The summed E-state index contributed by atoms with van der Waals surface area (Å²) in [4.78, 5) is 11.9. The second kappa shape index (κ2) is 5.52. The molecule has 0 aliphatic heterocycles. The van der Waals surface area contributed by atoms with Crippen LogP contribution in [0.5, 0.6) is 0 Å². The number of carbonyl (C=O) groups is 1. The van der Waals surface area contributed by atoms with Gasteiger partial charge in [0.15, 0.2) is 0 Å². The number of hydrogen-bond acceptors (Lipinski definition) is 4. The van der Waals surface area contributed by atoms with Crippen LogP contribution in [0.25, 0.3) is 0 Å². The molecule has 1 heterocycles. The summed E-state index contributed by atoms with van der Waals surface area (Å²) in [5.74, 6) is 0.131. The Morgan fingerprint density at radius 1 is 1.37 bits per heavy atom. The number of anilines is 1. The van der Waals surface area contributed by atoms with Gasteiger partial charge >= 0.3 is 11.8 Å². The van der Waals surface area contributed by atoms with Crippen molar-refractivity contribution in [3.63, 3.8) is 0 Å². The van der Waals surface area contributed by atoms with Crippen LogP contribution in [0, 0.1) is 6.92 Å². The van der Waals surface area contributed by atoms with Crippen molar-refractivity contribution in [3.8, 4) is 0 Å². The van der Waals surface area contributed by atoms with E-state index in [2.05, 4.69) is 31.4 Å². The number of nitrogens with one attached hydrogen (secondary N) is 1. The van der Waals surface area contributed by atoms with Gasteiger partial charge in [0, 0.05) is 16.1 Å². The molecule has 0 saturated carbocycles. The molecule has 0 aliphatic rings. The fourth-order valence-electron chi connectivity index (χ4n) is 1.47. The average molecular weight is 324 g/mol. The molecule has 0 unspecified atom stereocenters. The van der Waals surface area contributed by atoms with Gasteiger partial charge in [-0.05, 0) is 30.7 Å². The van der Waals surface area contributed by atoms with Gasteiger partial charge in [0.2, 0.25) is 5.89 Å². The molecule has 0 fully saturated rings. The summed E-state index contributed by atoms with van der Waals surface area (Å²) in [6.45, 7) is 5.80. The van der Waals surface area contributed by atoms with Gasteiger partial charge in [-0.1, -0.05) is 29.8 Å². The predicted molar refractivity (Wildman–Crippen MR) is 75.2 cm³/mol. The molecule has 19 heavy (non-hydrogen) atoms. The number of rotatable bonds is 3. The lowest BCUT2D eigenvalue weighted by molar-refractivity contribution is 0.0988. The van der Waals surface area contributed by atoms with E-state index in [1.165, 1.54) is 0 Å². The fraction of sp³-hybridized carbons (Fsp3) is 0.308. The Bertz CT molecular complexity index is 608. The lowest BCUT2D eigenvalue weighted by atomic mass is 10.2. The molecule has 100 valence electrons. The van der Waals surface area contributed by atoms with Crippen molar-refractivity contribution in [3.05, 3.63) is 40.0 Å². The van der Waals surface area contributed by atoms with E-state index in [-0.39, 0.29) is 11.8 Å². The SMILES string of the molecule is Cc1cc(NC(=O)c2nnc(C(C)C)o2)ccc1Br. The summed E-state index contributed by atoms with van der Waals surface area (Å²) in [5, 5.41) is 10.3. The zero-order valence-corrected chi connectivity index (χ0v) is 12.5. The van der Waals surface area contributed by atoms with Gasteiger partial charge in [-0.15, -0.1) is 10.2 Å². The molecule has 0 spiro atoms. The Morgan fingerprint density at radius 2 is 2.11 bits per heavy atom. The summed E-state index contributed by atoms with van der Waals surface area (Å²) in [6, 6.07) is 5.54. The standard InChI is InChI=1S/C13H14BrN3O2/c1-7(2)12-16-17-13(19-12)11(18)15-9-4-5-10(14)8(3)6-9/h4-7H,1-3H3,(H,15,18). The van der Waals surface area contributed by atoms with Gasteiger partial charge in [0.25, 0.3) is 0 Å². The first kappa shape index (κ1) is 13.7. The maximum Gasteiger partial charge on any atom is 0.313 e. The van der Waals surface area contributed by atoms with Crippen LogP contribution in [-0.2, 0) is 0 Å². The Labute approximate surface area is 119 Å². The molecule has 0 saturated heterocycles. The molecule has 5 nitrogen and oxygen atoms in total. The van der Waals surface area contributed by atoms with E-state index in [0.29, 0.717) is 11.6 Å². The molecule has 1 aromatic carbocycles. The van der Waals surface area contributed by atoms with Crippen molar-refractivity contribution < 1.29 is 9.21 Å². The first-order valence-corrected chi connectivity index (χ1v) is 6.67. The summed E-state index contributed by atoms with van der Waals surface area (Å²) >= 11 is 3.41. The first-order chi connectivity index (χ1) is 8.97. The predicted octanol–water partition coefficient (Wildman–Crippen LogP) is 3.52. The molecule has 1 N–H and O–H groups in total. The minimum absolute atomic E-state index is 0.0238. The first-order valence-electron chi connectivity index (χ1n) is 5.88. The summed E-state index contributed by atoms with van der Waals surface area (Å²) < 4.78 is 6.28. The highest BCUT2D eigenvalue weighted by atomic mass is 79.9. The number of benzene rings is 1. The number of aromatic nitrogens is 2. The van der Waals surface area contributed by atoms with Gasteiger partial charge in [-0.2, -0.15) is 0 Å². The molecule has 1 aromatic heterocycles. The minimum Gasteiger partial charge on any atom is -0.417 e. The Balaban J connectivity index is 2.13. The quantitative estimate of drug-likeness (QED) is 0.938. The molecule has 2 rings (SSSR count). The van der Waals surface area contributed by atoms with E-state index in [9.17, 15) is 4.79 Å². The molecular weight excluding hydrogens is 310 g/mol. The van der Waals surface area contributed by atoms with Crippen LogP contribution in [0.4, 0.5) is 5.69 Å². The third-order valence-electron chi connectivity index (χ3n) is 2.54. The number of halogens is 1. The van der Waals surface area contributed by atoms with Crippen LogP contribution in [0.1, 0.15) is 41.9 Å². The minimum atomic E-state index is -0.402. The van der Waals surface area contributed by atoms with E-state index in [0.717, 1.165) is 10.0 Å². The Hall–Kier alpha value is -1.69. The van der Waals surface area contributed by atoms with Crippen molar-refractivity contribution in [1.82, 2.24) is 10.2 Å².